The molecule has 1 unspecified atom stereocenters. The van der Waals surface area contributed by atoms with Crippen molar-refractivity contribution in [3.05, 3.63) is 101 Å². The quantitative estimate of drug-likeness (QED) is 0.0980. The number of hydrogen-bond donors (Lipinski definition) is 4. The van der Waals surface area contributed by atoms with E-state index in [1.807, 2.05) is 6.92 Å². The third kappa shape index (κ3) is 8.81. The van der Waals surface area contributed by atoms with Crippen LogP contribution in [0.15, 0.2) is 61.7 Å². The number of aliphatic hydroxyl groups excluding tert-OH is 1. The molecule has 4 rings (SSSR count). The topological polar surface area (TPSA) is 184 Å². The first-order valence-corrected chi connectivity index (χ1v) is 15.8. The van der Waals surface area contributed by atoms with Gasteiger partial charge in [0.15, 0.2) is 11.5 Å². The van der Waals surface area contributed by atoms with Crippen LogP contribution >= 0.6 is 0 Å². The van der Waals surface area contributed by atoms with Gasteiger partial charge in [-0.25, -0.2) is 9.78 Å². The first-order chi connectivity index (χ1) is 23.0. The summed E-state index contributed by atoms with van der Waals surface area (Å²) in [6.45, 7) is 10.6. The molecule has 0 aliphatic heterocycles. The molecule has 0 spiro atoms. The molecule has 6 N–H and O–H groups in total. The summed E-state index contributed by atoms with van der Waals surface area (Å²) in [6, 6.07) is 12.3. The lowest BCUT2D eigenvalue weighted by atomic mass is 9.89. The summed E-state index contributed by atoms with van der Waals surface area (Å²) < 4.78 is 10.4. The summed E-state index contributed by atoms with van der Waals surface area (Å²) in [7, 11) is 0. The minimum atomic E-state index is -0.999. The van der Waals surface area contributed by atoms with Gasteiger partial charge in [0.05, 0.1) is 6.61 Å². The summed E-state index contributed by atoms with van der Waals surface area (Å²) in [4.78, 5) is 57.2. The molecule has 3 aromatic rings. The van der Waals surface area contributed by atoms with Crippen molar-refractivity contribution in [1.82, 2.24) is 10.3 Å². The normalized spacial score (nSPS) is 13.6. The fourth-order valence-electron chi connectivity index (χ4n) is 4.96. The molecule has 252 valence electrons. The van der Waals surface area contributed by atoms with Crippen LogP contribution in [-0.2, 0) is 27.3 Å². The lowest BCUT2D eigenvalue weighted by Gasteiger charge is -2.18. The number of hydrogen-bond acceptors (Lipinski definition) is 10. The second kappa shape index (κ2) is 16.1. The highest BCUT2D eigenvalue weighted by atomic mass is 16.7. The van der Waals surface area contributed by atoms with E-state index in [2.05, 4.69) is 23.5 Å². The van der Waals surface area contributed by atoms with Crippen LogP contribution in [0.4, 0.5) is 0 Å². The Balaban J connectivity index is 1.73. The van der Waals surface area contributed by atoms with Crippen molar-refractivity contribution < 1.29 is 33.8 Å². The zero-order valence-electron chi connectivity index (χ0n) is 27.3. The van der Waals surface area contributed by atoms with Gasteiger partial charge in [-0.15, -0.1) is 0 Å². The van der Waals surface area contributed by atoms with Crippen molar-refractivity contribution in [2.75, 3.05) is 13.3 Å². The molecule has 2 atom stereocenters. The van der Waals surface area contributed by atoms with Crippen molar-refractivity contribution in [3.63, 3.8) is 0 Å². The Morgan fingerprint density at radius 2 is 1.79 bits per heavy atom. The van der Waals surface area contributed by atoms with Crippen LogP contribution in [0.3, 0.4) is 0 Å². The highest BCUT2D eigenvalue weighted by molar-refractivity contribution is 6.07. The molecule has 0 radical (unpaired) electrons. The van der Waals surface area contributed by atoms with Gasteiger partial charge in [0.25, 0.3) is 5.91 Å². The van der Waals surface area contributed by atoms with Crippen LogP contribution < -0.4 is 16.8 Å². The molecule has 2 aromatic carbocycles. The van der Waals surface area contributed by atoms with Gasteiger partial charge in [-0.05, 0) is 76.8 Å². The number of nitrogens with two attached hydrogens (primary N) is 2. The predicted molar refractivity (Wildman–Crippen MR) is 182 cm³/mol. The smallest absolute Gasteiger partial charge is 0.360 e. The van der Waals surface area contributed by atoms with Crippen LogP contribution in [-0.4, -0.2) is 53.1 Å². The van der Waals surface area contributed by atoms with Crippen molar-refractivity contribution in [1.29, 1.82) is 0 Å². The maximum absolute atomic E-state index is 13.9. The van der Waals surface area contributed by atoms with Gasteiger partial charge in [-0.1, -0.05) is 63.8 Å². The number of aromatic nitrogens is 1. The Morgan fingerprint density at radius 3 is 2.40 bits per heavy atom. The average Bonchev–Trinajstić information content (AvgIpc) is 3.93. The Bertz CT molecular complexity index is 1710. The molecule has 1 amide bonds. The first kappa shape index (κ1) is 35.7. The Kier molecular flexibility index (Phi) is 12.0. The molecule has 11 nitrogen and oxygen atoms in total. The largest absolute Gasteiger partial charge is 0.427 e. The van der Waals surface area contributed by atoms with Gasteiger partial charge in [-0.2, -0.15) is 0 Å². The molecule has 1 fully saturated rings. The number of carbonyl (C=O) groups is 4. The van der Waals surface area contributed by atoms with Crippen LogP contribution in [0.2, 0.25) is 0 Å². The fraction of sp³-hybridized carbons (Fsp3) is 0.324. The molecule has 1 heterocycles. The monoisotopic (exact) mass is 654 g/mol. The van der Waals surface area contributed by atoms with Gasteiger partial charge >= 0.3 is 11.9 Å². The zero-order valence-corrected chi connectivity index (χ0v) is 27.3. The highest BCUT2D eigenvalue weighted by Gasteiger charge is 2.27. The van der Waals surface area contributed by atoms with Crippen LogP contribution in [0.1, 0.15) is 86.7 Å². The predicted octanol–water partition coefficient (Wildman–Crippen LogP) is 4.41. The molecule has 1 aliphatic rings. The Labute approximate surface area is 280 Å². The molecule has 11 heteroatoms. The van der Waals surface area contributed by atoms with Crippen LogP contribution in [0, 0.1) is 11.8 Å². The molecule has 1 saturated carbocycles. The van der Waals surface area contributed by atoms with E-state index in [1.165, 1.54) is 18.2 Å². The number of carbonyl (C=O) groups excluding carboxylic acids is 4. The van der Waals surface area contributed by atoms with Crippen molar-refractivity contribution in [2.45, 2.75) is 52.2 Å². The average molecular weight is 655 g/mol. The van der Waals surface area contributed by atoms with Crippen molar-refractivity contribution >= 4 is 35.4 Å². The standard InChI is InChI=1S/C37H42N4O7/c1-5-21(3)33(39)36(45)47-20-48-37(46)34-28(13-14-31(41-34)35(44)40-18-24-7-8-24)29-17-27(19-42)25(6-2)16-30(29)32(43)15-23-9-11-26(12-10-23)22(4)38/h6,9-14,16-17,21,24,33,42H,2,4-5,7-8,15,18-20,38-39H2,1,3H3,(H,40,44)/t21?,33-/m0/s1. The number of rotatable bonds is 16. The summed E-state index contributed by atoms with van der Waals surface area (Å²) in [5, 5.41) is 13.0. The summed E-state index contributed by atoms with van der Waals surface area (Å²) in [5.74, 6) is -2.25. The second-order valence-corrected chi connectivity index (χ2v) is 12.0. The summed E-state index contributed by atoms with van der Waals surface area (Å²) >= 11 is 0. The van der Waals surface area contributed by atoms with E-state index in [0.717, 1.165) is 18.4 Å². The lowest BCUT2D eigenvalue weighted by molar-refractivity contribution is -0.155. The Morgan fingerprint density at radius 1 is 1.08 bits per heavy atom. The van der Waals surface area contributed by atoms with Gasteiger partial charge in [0.1, 0.15) is 11.7 Å². The number of pyridine rings is 1. The molecular formula is C37H42N4O7. The zero-order chi connectivity index (χ0) is 35.0. The van der Waals surface area contributed by atoms with Crippen LogP contribution in [0.25, 0.3) is 22.9 Å². The fourth-order valence-corrected chi connectivity index (χ4v) is 4.96. The minimum Gasteiger partial charge on any atom is -0.427 e. The van der Waals surface area contributed by atoms with E-state index in [-0.39, 0.29) is 52.8 Å². The lowest BCUT2D eigenvalue weighted by Crippen LogP contribution is -2.38. The van der Waals surface area contributed by atoms with Gasteiger partial charge in [-0.3, -0.25) is 14.4 Å². The van der Waals surface area contributed by atoms with Gasteiger partial charge in [0.2, 0.25) is 6.79 Å². The second-order valence-electron chi connectivity index (χ2n) is 12.0. The van der Waals surface area contributed by atoms with E-state index in [9.17, 15) is 24.3 Å². The van der Waals surface area contributed by atoms with Gasteiger partial charge < -0.3 is 31.4 Å². The molecule has 48 heavy (non-hydrogen) atoms. The third-order valence-electron chi connectivity index (χ3n) is 8.44. The van der Waals surface area contributed by atoms with E-state index in [0.29, 0.717) is 41.3 Å². The number of esters is 2. The van der Waals surface area contributed by atoms with Gasteiger partial charge in [0, 0.05) is 29.8 Å². The van der Waals surface area contributed by atoms with E-state index in [4.69, 9.17) is 20.9 Å². The number of ketones is 1. The number of ether oxygens (including phenoxy) is 2. The highest BCUT2D eigenvalue weighted by Crippen LogP contribution is 2.32. The molecule has 0 saturated heterocycles. The van der Waals surface area contributed by atoms with Crippen molar-refractivity contribution in [3.8, 4) is 11.1 Å². The summed E-state index contributed by atoms with van der Waals surface area (Å²) in [6.07, 6.45) is 4.23. The first-order valence-electron chi connectivity index (χ1n) is 15.8. The van der Waals surface area contributed by atoms with Crippen LogP contribution in [0.5, 0.6) is 0 Å². The van der Waals surface area contributed by atoms with E-state index in [1.54, 1.807) is 43.3 Å². The number of Topliss-reactive ketones (excluding diaryl/α,β-unsaturated/α-hetero) is 1. The summed E-state index contributed by atoms with van der Waals surface area (Å²) in [5.41, 5.74) is 14.9. The minimum absolute atomic E-state index is 0.000631. The maximum Gasteiger partial charge on any atom is 0.360 e. The molecule has 1 aliphatic carbocycles. The number of aliphatic hydroxyl groups is 1. The number of benzene rings is 2. The molecule has 0 bridgehead atoms. The SMILES string of the molecule is C=Cc1cc(C(=O)Cc2ccc(C(=C)N)cc2)c(-c2ccc(C(=O)NCC3CC3)nc2C(=O)OCOC(=O)[C@@H](N)C(C)CC)cc1CO. The molecule has 1 aromatic heterocycles. The maximum atomic E-state index is 13.9. The number of amides is 1. The van der Waals surface area contributed by atoms with Crippen molar-refractivity contribution in [2.24, 2.45) is 23.3 Å². The third-order valence-corrected chi connectivity index (χ3v) is 8.44. The molecular weight excluding hydrogens is 612 g/mol. The van der Waals surface area contributed by atoms with E-state index < -0.39 is 30.7 Å². The number of nitrogens with one attached hydrogen (secondary N) is 1. The Hall–Kier alpha value is -5.13. The van der Waals surface area contributed by atoms with E-state index >= 15 is 0 Å². The number of nitrogens with zero attached hydrogens (tertiary/aromatic N) is 1.